The Morgan fingerprint density at radius 3 is 1.95 bits per heavy atom. The lowest BCUT2D eigenvalue weighted by molar-refractivity contribution is -0.142. The Kier molecular flexibility index (Phi) is 12.0. The lowest BCUT2D eigenvalue weighted by Gasteiger charge is -2.28. The summed E-state index contributed by atoms with van der Waals surface area (Å²) in [7, 11) is 0. The van der Waals surface area contributed by atoms with E-state index in [2.05, 4.69) is 10.6 Å². The molecule has 0 saturated heterocycles. The van der Waals surface area contributed by atoms with Crippen LogP contribution in [0.4, 0.5) is 4.79 Å². The second-order valence-electron chi connectivity index (χ2n) is 11.0. The fraction of sp³-hybridized carbons (Fsp3) is 0.467. The fourth-order valence-electron chi connectivity index (χ4n) is 3.91. The largest absolute Gasteiger partial charge is 0.480 e. The molecule has 3 N–H and O–H groups in total. The Morgan fingerprint density at radius 1 is 0.872 bits per heavy atom. The first-order valence-electron chi connectivity index (χ1n) is 13.2. The van der Waals surface area contributed by atoms with E-state index >= 15 is 0 Å². The normalized spacial score (nSPS) is 12.8. The van der Waals surface area contributed by atoms with E-state index in [0.29, 0.717) is 6.42 Å². The zero-order valence-electron chi connectivity index (χ0n) is 23.5. The molecule has 0 aliphatic rings. The van der Waals surface area contributed by atoms with Crippen molar-refractivity contribution in [1.29, 1.82) is 0 Å². The summed E-state index contributed by atoms with van der Waals surface area (Å²) >= 11 is 0. The summed E-state index contributed by atoms with van der Waals surface area (Å²) in [6, 6.07) is 16.6. The lowest BCUT2D eigenvalue weighted by atomic mass is 10.0. The van der Waals surface area contributed by atoms with Gasteiger partial charge in [-0.3, -0.25) is 14.5 Å². The van der Waals surface area contributed by atoms with E-state index in [-0.39, 0.29) is 31.8 Å². The zero-order chi connectivity index (χ0) is 29.0. The van der Waals surface area contributed by atoms with E-state index < -0.39 is 41.6 Å². The number of aliphatic carboxylic acids is 1. The van der Waals surface area contributed by atoms with Crippen LogP contribution in [-0.4, -0.2) is 64.7 Å². The molecule has 0 aliphatic heterocycles. The molecule has 0 saturated carbocycles. The zero-order valence-corrected chi connectivity index (χ0v) is 23.5. The minimum absolute atomic E-state index is 0.0422. The van der Waals surface area contributed by atoms with Gasteiger partial charge in [0.2, 0.25) is 11.8 Å². The number of ether oxygens (including phenoxy) is 1. The van der Waals surface area contributed by atoms with Crippen LogP contribution in [0.15, 0.2) is 60.7 Å². The quantitative estimate of drug-likeness (QED) is 0.356. The number of carbonyl (C=O) groups excluding carboxylic acids is 3. The van der Waals surface area contributed by atoms with Crippen LogP contribution in [0.1, 0.15) is 52.2 Å². The topological polar surface area (TPSA) is 125 Å². The second kappa shape index (κ2) is 14.9. The van der Waals surface area contributed by atoms with Crippen LogP contribution in [-0.2, 0) is 32.0 Å². The smallest absolute Gasteiger partial charge is 0.410 e. The van der Waals surface area contributed by atoms with Crippen molar-refractivity contribution in [2.24, 2.45) is 5.92 Å². The number of carboxylic acids is 1. The minimum atomic E-state index is -1.14. The van der Waals surface area contributed by atoms with E-state index in [1.807, 2.05) is 74.5 Å². The van der Waals surface area contributed by atoms with Crippen LogP contribution in [0, 0.1) is 5.92 Å². The van der Waals surface area contributed by atoms with E-state index in [4.69, 9.17) is 4.74 Å². The minimum Gasteiger partial charge on any atom is -0.480 e. The van der Waals surface area contributed by atoms with Gasteiger partial charge in [-0.05, 0) is 50.7 Å². The maximum atomic E-state index is 13.2. The number of hydrogen-bond acceptors (Lipinski definition) is 5. The predicted molar refractivity (Wildman–Crippen MR) is 149 cm³/mol. The number of amides is 3. The first kappa shape index (κ1) is 31.3. The number of nitrogens with zero attached hydrogens (tertiary/aromatic N) is 1. The van der Waals surface area contributed by atoms with Crippen LogP contribution < -0.4 is 10.6 Å². The third-order valence-corrected chi connectivity index (χ3v) is 5.76. The van der Waals surface area contributed by atoms with Crippen molar-refractivity contribution < 1.29 is 29.0 Å². The third kappa shape index (κ3) is 12.0. The fourth-order valence-corrected chi connectivity index (χ4v) is 3.91. The molecule has 0 aromatic heterocycles. The highest BCUT2D eigenvalue weighted by Crippen LogP contribution is 2.12. The number of nitrogens with one attached hydrogen (secondary N) is 2. The number of carbonyl (C=O) groups is 4. The highest BCUT2D eigenvalue weighted by atomic mass is 16.6. The standard InChI is InChI=1S/C30H41N3O6/c1-21(2)18-25(28(36)37)32-27(35)24(19-23-14-10-7-11-15-23)31-26(34)20-33(29(38)39-30(3,4)5)17-16-22-12-8-6-9-13-22/h6-15,21,24-25H,16-20H2,1-5H3,(H,31,34)(H,32,35)(H,36,37)/t24-,25-/m1/s1. The molecule has 2 atom stereocenters. The summed E-state index contributed by atoms with van der Waals surface area (Å²) in [5, 5.41) is 14.9. The molecule has 0 bridgehead atoms. The summed E-state index contributed by atoms with van der Waals surface area (Å²) in [6.07, 6.45) is 0.277. The molecular weight excluding hydrogens is 498 g/mol. The molecular formula is C30H41N3O6. The SMILES string of the molecule is CC(C)C[C@@H](NC(=O)[C@@H](Cc1ccccc1)NC(=O)CN(CCc1ccccc1)C(=O)OC(C)(C)C)C(=O)O. The third-order valence-electron chi connectivity index (χ3n) is 5.76. The Hall–Kier alpha value is -3.88. The maximum Gasteiger partial charge on any atom is 0.410 e. The van der Waals surface area contributed by atoms with Gasteiger partial charge in [-0.15, -0.1) is 0 Å². The number of rotatable bonds is 13. The Morgan fingerprint density at radius 2 is 1.44 bits per heavy atom. The predicted octanol–water partition coefficient (Wildman–Crippen LogP) is 3.81. The number of carboxylic acid groups (broad SMARTS) is 1. The van der Waals surface area contributed by atoms with Crippen LogP contribution in [0.3, 0.4) is 0 Å². The maximum absolute atomic E-state index is 13.2. The highest BCUT2D eigenvalue weighted by molar-refractivity contribution is 5.91. The van der Waals surface area contributed by atoms with Gasteiger partial charge in [-0.25, -0.2) is 9.59 Å². The number of benzene rings is 2. The van der Waals surface area contributed by atoms with Crippen molar-refractivity contribution in [2.45, 2.75) is 71.6 Å². The van der Waals surface area contributed by atoms with E-state index in [0.717, 1.165) is 11.1 Å². The van der Waals surface area contributed by atoms with Gasteiger partial charge < -0.3 is 20.5 Å². The lowest BCUT2D eigenvalue weighted by Crippen LogP contribution is -2.54. The Bertz CT molecular complexity index is 1080. The van der Waals surface area contributed by atoms with Crippen molar-refractivity contribution in [3.8, 4) is 0 Å². The summed E-state index contributed by atoms with van der Waals surface area (Å²) in [5.74, 6) is -2.26. The Balaban J connectivity index is 2.19. The molecule has 0 radical (unpaired) electrons. The molecule has 39 heavy (non-hydrogen) atoms. The summed E-state index contributed by atoms with van der Waals surface area (Å²) in [6.45, 7) is 8.88. The number of hydrogen-bond donors (Lipinski definition) is 3. The summed E-state index contributed by atoms with van der Waals surface area (Å²) in [4.78, 5) is 52.4. The second-order valence-corrected chi connectivity index (χ2v) is 11.0. The first-order chi connectivity index (χ1) is 18.3. The van der Waals surface area contributed by atoms with Crippen molar-refractivity contribution in [1.82, 2.24) is 15.5 Å². The van der Waals surface area contributed by atoms with Gasteiger partial charge in [-0.2, -0.15) is 0 Å². The van der Waals surface area contributed by atoms with Gasteiger partial charge in [0.1, 0.15) is 24.2 Å². The molecule has 0 spiro atoms. The van der Waals surface area contributed by atoms with E-state index in [1.54, 1.807) is 20.8 Å². The molecule has 9 nitrogen and oxygen atoms in total. The van der Waals surface area contributed by atoms with Crippen LogP contribution >= 0.6 is 0 Å². The van der Waals surface area contributed by atoms with Crippen molar-refractivity contribution >= 4 is 23.9 Å². The van der Waals surface area contributed by atoms with Crippen molar-refractivity contribution in [2.75, 3.05) is 13.1 Å². The van der Waals surface area contributed by atoms with E-state index in [1.165, 1.54) is 4.90 Å². The highest BCUT2D eigenvalue weighted by Gasteiger charge is 2.29. The average molecular weight is 540 g/mol. The first-order valence-corrected chi connectivity index (χ1v) is 13.2. The molecule has 212 valence electrons. The molecule has 3 amide bonds. The van der Waals surface area contributed by atoms with Gasteiger partial charge >= 0.3 is 12.1 Å². The molecule has 2 aromatic carbocycles. The van der Waals surface area contributed by atoms with Crippen molar-refractivity contribution in [3.63, 3.8) is 0 Å². The molecule has 0 heterocycles. The molecule has 9 heteroatoms. The van der Waals surface area contributed by atoms with Gasteiger partial charge in [0.25, 0.3) is 0 Å². The molecule has 0 aliphatic carbocycles. The molecule has 2 rings (SSSR count). The van der Waals surface area contributed by atoms with Crippen molar-refractivity contribution in [3.05, 3.63) is 71.8 Å². The van der Waals surface area contributed by atoms with Gasteiger partial charge in [0.05, 0.1) is 0 Å². The molecule has 0 fully saturated rings. The summed E-state index contributed by atoms with van der Waals surface area (Å²) in [5.41, 5.74) is 1.04. The Labute approximate surface area is 230 Å². The molecule has 0 unspecified atom stereocenters. The summed E-state index contributed by atoms with van der Waals surface area (Å²) < 4.78 is 5.52. The van der Waals surface area contributed by atoms with Gasteiger partial charge in [-0.1, -0.05) is 74.5 Å². The average Bonchev–Trinajstić information content (AvgIpc) is 2.85. The monoisotopic (exact) mass is 539 g/mol. The van der Waals surface area contributed by atoms with Gasteiger partial charge in [0.15, 0.2) is 0 Å². The van der Waals surface area contributed by atoms with E-state index in [9.17, 15) is 24.3 Å². The van der Waals surface area contributed by atoms with Crippen LogP contribution in [0.2, 0.25) is 0 Å². The van der Waals surface area contributed by atoms with Crippen LogP contribution in [0.25, 0.3) is 0 Å². The molecule has 2 aromatic rings. The van der Waals surface area contributed by atoms with Gasteiger partial charge in [0, 0.05) is 13.0 Å². The van der Waals surface area contributed by atoms with Crippen LogP contribution in [0.5, 0.6) is 0 Å².